The summed E-state index contributed by atoms with van der Waals surface area (Å²) in [6.07, 6.45) is 3.89. The molecule has 2 rings (SSSR count). The lowest BCUT2D eigenvalue weighted by Crippen LogP contribution is -2.54. The zero-order valence-corrected chi connectivity index (χ0v) is 17.8. The van der Waals surface area contributed by atoms with Gasteiger partial charge >= 0.3 is 0 Å². The maximum absolute atomic E-state index is 9.69. The fraction of sp³-hybridized carbons (Fsp3) is 1.00. The van der Waals surface area contributed by atoms with E-state index in [1.54, 1.807) is 0 Å². The molecule has 26 heavy (non-hydrogen) atoms. The van der Waals surface area contributed by atoms with Gasteiger partial charge in [-0.05, 0) is 34.5 Å². The van der Waals surface area contributed by atoms with E-state index in [1.807, 2.05) is 0 Å². The summed E-state index contributed by atoms with van der Waals surface area (Å²) in [5.41, 5.74) is -0.364. The second-order valence-electron chi connectivity index (χ2n) is 11.9. The Morgan fingerprint density at radius 1 is 0.462 bits per heavy atom. The van der Waals surface area contributed by atoms with E-state index < -0.39 is 11.6 Å². The highest BCUT2D eigenvalue weighted by atomic mass is 17.3. The fourth-order valence-corrected chi connectivity index (χ4v) is 6.31. The Hall–Kier alpha value is -0.240. The van der Waals surface area contributed by atoms with Crippen molar-refractivity contribution < 1.29 is 30.1 Å². The summed E-state index contributed by atoms with van der Waals surface area (Å²) in [6, 6.07) is 0. The molecule has 6 heteroatoms. The lowest BCUT2D eigenvalue weighted by atomic mass is 9.63. The van der Waals surface area contributed by atoms with Gasteiger partial charge in [-0.2, -0.15) is 9.78 Å². The molecule has 0 aromatic heterocycles. The minimum atomic E-state index is -1.29. The molecule has 0 aliphatic heterocycles. The third-order valence-electron chi connectivity index (χ3n) is 5.58. The molecule has 0 spiro atoms. The monoisotopic (exact) mass is 374 g/mol. The van der Waals surface area contributed by atoms with Crippen molar-refractivity contribution in [1.82, 2.24) is 0 Å². The highest BCUT2D eigenvalue weighted by molar-refractivity contribution is 4.95. The van der Waals surface area contributed by atoms with Crippen LogP contribution in [0.3, 0.4) is 0 Å². The Morgan fingerprint density at radius 3 is 0.885 bits per heavy atom. The van der Waals surface area contributed by atoms with Crippen LogP contribution in [-0.4, -0.2) is 22.1 Å². The quantitative estimate of drug-likeness (QED) is 0.361. The van der Waals surface area contributed by atoms with Crippen molar-refractivity contribution in [2.45, 2.75) is 105 Å². The third-order valence-corrected chi connectivity index (χ3v) is 5.58. The Bertz CT molecular complexity index is 430. The van der Waals surface area contributed by atoms with Crippen LogP contribution >= 0.6 is 0 Å². The van der Waals surface area contributed by atoms with Gasteiger partial charge in [0.05, 0.1) is 0 Å². The summed E-state index contributed by atoms with van der Waals surface area (Å²) >= 11 is 0. The molecule has 2 aliphatic carbocycles. The molecule has 0 saturated heterocycles. The van der Waals surface area contributed by atoms with E-state index in [2.05, 4.69) is 55.4 Å². The van der Waals surface area contributed by atoms with E-state index >= 15 is 0 Å². The minimum absolute atomic E-state index is 0.0911. The summed E-state index contributed by atoms with van der Waals surface area (Å²) in [7, 11) is 0. The predicted molar refractivity (Wildman–Crippen MR) is 97.9 cm³/mol. The molecule has 0 radical (unpaired) electrons. The van der Waals surface area contributed by atoms with Crippen molar-refractivity contribution in [3.05, 3.63) is 0 Å². The van der Waals surface area contributed by atoms with Gasteiger partial charge in [0.1, 0.15) is 0 Å². The molecule has 2 N–H and O–H groups in total. The van der Waals surface area contributed by atoms with Crippen molar-refractivity contribution >= 4 is 0 Å². The molecular weight excluding hydrogens is 336 g/mol. The molecule has 2 fully saturated rings. The number of hydrogen-bond donors (Lipinski definition) is 2. The van der Waals surface area contributed by atoms with E-state index in [0.717, 1.165) is 12.8 Å². The van der Waals surface area contributed by atoms with Gasteiger partial charge in [0.15, 0.2) is 0 Å². The molecule has 2 aliphatic rings. The summed E-state index contributed by atoms with van der Waals surface area (Å²) in [5.74, 6) is -2.58. The van der Waals surface area contributed by atoms with Crippen LogP contribution in [0, 0.1) is 21.7 Å². The van der Waals surface area contributed by atoms with Gasteiger partial charge in [0.2, 0.25) is 11.6 Å². The van der Waals surface area contributed by atoms with Crippen LogP contribution in [0.5, 0.6) is 0 Å². The Labute approximate surface area is 157 Å². The standard InChI is InChI=1S/C20H38O6/c1-15(2)9-16(3,4)12-19(11-15,23-21)25-26-20(24-22)13-17(5,6)10-18(7,8)14-20/h21-22H,9-14H2,1-8H3. The summed E-state index contributed by atoms with van der Waals surface area (Å²) in [5, 5.41) is 19.4. The van der Waals surface area contributed by atoms with E-state index in [0.29, 0.717) is 25.7 Å². The summed E-state index contributed by atoms with van der Waals surface area (Å²) < 4.78 is 0. The van der Waals surface area contributed by atoms with Crippen LogP contribution in [0.4, 0.5) is 0 Å². The highest BCUT2D eigenvalue weighted by Crippen LogP contribution is 2.55. The van der Waals surface area contributed by atoms with Crippen LogP contribution < -0.4 is 0 Å². The maximum Gasteiger partial charge on any atom is 0.234 e. The lowest BCUT2D eigenvalue weighted by Gasteiger charge is -2.51. The van der Waals surface area contributed by atoms with Crippen molar-refractivity contribution in [3.8, 4) is 0 Å². The largest absolute Gasteiger partial charge is 0.249 e. The SMILES string of the molecule is CC1(C)CC(C)(C)CC(OO)(OOC2(OO)CC(C)(C)CC(C)(C)C2)C1. The molecule has 0 unspecified atom stereocenters. The molecule has 0 aromatic carbocycles. The molecule has 2 saturated carbocycles. The predicted octanol–water partition coefficient (Wildman–Crippen LogP) is 5.78. The van der Waals surface area contributed by atoms with Gasteiger partial charge < -0.3 is 0 Å². The van der Waals surface area contributed by atoms with Crippen LogP contribution in [0.2, 0.25) is 0 Å². The maximum atomic E-state index is 9.69. The van der Waals surface area contributed by atoms with Gasteiger partial charge in [-0.3, -0.25) is 0 Å². The average molecular weight is 375 g/mol. The highest BCUT2D eigenvalue weighted by Gasteiger charge is 2.55. The molecule has 0 amide bonds. The number of rotatable bonds is 5. The first kappa shape index (κ1) is 22.1. The van der Waals surface area contributed by atoms with Gasteiger partial charge in [0, 0.05) is 25.7 Å². The van der Waals surface area contributed by atoms with Gasteiger partial charge in [0.25, 0.3) is 0 Å². The molecule has 0 heterocycles. The van der Waals surface area contributed by atoms with E-state index in [4.69, 9.17) is 19.6 Å². The van der Waals surface area contributed by atoms with E-state index in [9.17, 15) is 10.5 Å². The van der Waals surface area contributed by atoms with Gasteiger partial charge in [-0.15, -0.1) is 0 Å². The van der Waals surface area contributed by atoms with Crippen LogP contribution in [0.15, 0.2) is 0 Å². The van der Waals surface area contributed by atoms with Crippen LogP contribution in [0.1, 0.15) is 93.9 Å². The normalized spacial score (nSPS) is 30.7. The van der Waals surface area contributed by atoms with Crippen LogP contribution in [-0.2, 0) is 19.6 Å². The first-order valence-corrected chi connectivity index (χ1v) is 9.59. The Balaban J connectivity index is 2.22. The lowest BCUT2D eigenvalue weighted by molar-refractivity contribution is -0.587. The minimum Gasteiger partial charge on any atom is -0.249 e. The van der Waals surface area contributed by atoms with E-state index in [-0.39, 0.29) is 21.7 Å². The first-order chi connectivity index (χ1) is 11.6. The Morgan fingerprint density at radius 2 is 0.692 bits per heavy atom. The topological polar surface area (TPSA) is 77.4 Å². The molecule has 6 nitrogen and oxygen atoms in total. The molecule has 0 aromatic rings. The van der Waals surface area contributed by atoms with Crippen molar-refractivity contribution in [2.24, 2.45) is 21.7 Å². The zero-order chi connectivity index (χ0) is 20.1. The summed E-state index contributed by atoms with van der Waals surface area (Å²) in [4.78, 5) is 21.2. The third kappa shape index (κ3) is 5.18. The summed E-state index contributed by atoms with van der Waals surface area (Å²) in [6.45, 7) is 17.0. The molecular formula is C20H38O6. The second-order valence-corrected chi connectivity index (χ2v) is 11.9. The van der Waals surface area contributed by atoms with Gasteiger partial charge in [-0.1, -0.05) is 55.4 Å². The average Bonchev–Trinajstić information content (AvgIpc) is 2.38. The molecule has 0 bridgehead atoms. The van der Waals surface area contributed by atoms with Crippen LogP contribution in [0.25, 0.3) is 0 Å². The second kappa shape index (κ2) is 6.68. The fourth-order valence-electron chi connectivity index (χ4n) is 6.31. The van der Waals surface area contributed by atoms with Gasteiger partial charge in [-0.25, -0.2) is 20.3 Å². The molecule has 0 atom stereocenters. The zero-order valence-electron chi connectivity index (χ0n) is 17.8. The van der Waals surface area contributed by atoms with Crippen molar-refractivity contribution in [3.63, 3.8) is 0 Å². The number of hydrogen-bond acceptors (Lipinski definition) is 6. The Kier molecular flexibility index (Phi) is 5.66. The van der Waals surface area contributed by atoms with E-state index in [1.165, 1.54) is 0 Å². The van der Waals surface area contributed by atoms with Crippen molar-refractivity contribution in [2.75, 3.05) is 0 Å². The first-order valence-electron chi connectivity index (χ1n) is 9.59. The smallest absolute Gasteiger partial charge is 0.234 e. The van der Waals surface area contributed by atoms with Crippen molar-refractivity contribution in [1.29, 1.82) is 0 Å². The molecule has 154 valence electrons.